The summed E-state index contributed by atoms with van der Waals surface area (Å²) >= 11 is 0. The number of nitrogen functional groups attached to an aromatic ring is 1. The second kappa shape index (κ2) is 3.24. The van der Waals surface area contributed by atoms with E-state index in [0.29, 0.717) is 23.5 Å². The first kappa shape index (κ1) is 9.70. The maximum Gasteiger partial charge on any atom is 0.298 e. The zero-order valence-electron chi connectivity index (χ0n) is 9.03. The molecule has 0 aromatic carbocycles. The van der Waals surface area contributed by atoms with Crippen LogP contribution in [-0.4, -0.2) is 29.5 Å². The molecular formula is C9H9N7O. The van der Waals surface area contributed by atoms with Gasteiger partial charge >= 0.3 is 0 Å². The highest BCUT2D eigenvalue weighted by atomic mass is 16.1. The van der Waals surface area contributed by atoms with Crippen molar-refractivity contribution in [2.75, 3.05) is 5.84 Å². The van der Waals surface area contributed by atoms with Crippen LogP contribution in [0.3, 0.4) is 0 Å². The summed E-state index contributed by atoms with van der Waals surface area (Å²) in [6.45, 7) is 1.94. The second-order valence-electron chi connectivity index (χ2n) is 3.56. The number of nitrogens with two attached hydrogens (primary N) is 1. The van der Waals surface area contributed by atoms with Crippen molar-refractivity contribution in [2.24, 2.45) is 0 Å². The lowest BCUT2D eigenvalue weighted by Crippen LogP contribution is -2.27. The highest BCUT2D eigenvalue weighted by Crippen LogP contribution is 2.07. The molecule has 0 aliphatic carbocycles. The fraction of sp³-hybridized carbons (Fsp3) is 0.222. The Morgan fingerprint density at radius 3 is 3.00 bits per heavy atom. The van der Waals surface area contributed by atoms with Gasteiger partial charge in [0, 0.05) is 12.6 Å². The molecule has 3 aromatic rings. The van der Waals surface area contributed by atoms with Crippen molar-refractivity contribution < 1.29 is 0 Å². The molecule has 0 aliphatic rings. The number of fused-ring (bicyclic) bond motifs is 3. The maximum atomic E-state index is 11.7. The molecule has 0 fully saturated rings. The molecule has 0 saturated carbocycles. The molecule has 3 heterocycles. The van der Waals surface area contributed by atoms with E-state index < -0.39 is 5.56 Å². The van der Waals surface area contributed by atoms with Crippen LogP contribution >= 0.6 is 0 Å². The average Bonchev–Trinajstić information content (AvgIpc) is 2.76. The van der Waals surface area contributed by atoms with Crippen molar-refractivity contribution in [3.63, 3.8) is 0 Å². The molecule has 17 heavy (non-hydrogen) atoms. The molecule has 0 spiro atoms. The van der Waals surface area contributed by atoms with Gasteiger partial charge in [0.2, 0.25) is 0 Å². The smallest absolute Gasteiger partial charge is 0.298 e. The van der Waals surface area contributed by atoms with Gasteiger partial charge < -0.3 is 5.84 Å². The van der Waals surface area contributed by atoms with Crippen molar-refractivity contribution >= 4 is 16.8 Å². The first-order valence-corrected chi connectivity index (χ1v) is 5.09. The Morgan fingerprint density at radius 2 is 2.24 bits per heavy atom. The summed E-state index contributed by atoms with van der Waals surface area (Å²) in [6, 6.07) is 1.66. The monoisotopic (exact) mass is 231 g/mol. The molecule has 0 bridgehead atoms. The van der Waals surface area contributed by atoms with E-state index in [1.54, 1.807) is 6.07 Å². The second-order valence-corrected chi connectivity index (χ2v) is 3.56. The first-order chi connectivity index (χ1) is 8.20. The molecule has 86 valence electrons. The molecule has 0 atom stereocenters. The summed E-state index contributed by atoms with van der Waals surface area (Å²) in [7, 11) is 0. The summed E-state index contributed by atoms with van der Waals surface area (Å²) in [5, 5.41) is 11.9. The fourth-order valence-electron chi connectivity index (χ4n) is 1.61. The minimum atomic E-state index is -0.412. The van der Waals surface area contributed by atoms with Crippen molar-refractivity contribution in [2.45, 2.75) is 13.3 Å². The zero-order chi connectivity index (χ0) is 12.0. The summed E-state index contributed by atoms with van der Waals surface area (Å²) in [5.74, 6) is 6.49. The number of aromatic nitrogens is 6. The Kier molecular flexibility index (Phi) is 1.85. The maximum absolute atomic E-state index is 11.7. The zero-order valence-corrected chi connectivity index (χ0v) is 9.03. The normalized spacial score (nSPS) is 11.4. The van der Waals surface area contributed by atoms with Gasteiger partial charge in [0.25, 0.3) is 11.3 Å². The number of hydrogen-bond acceptors (Lipinski definition) is 6. The third-order valence-electron chi connectivity index (χ3n) is 2.49. The highest BCUT2D eigenvalue weighted by Gasteiger charge is 2.10. The number of rotatable bonds is 1. The van der Waals surface area contributed by atoms with E-state index in [1.165, 1.54) is 10.7 Å². The first-order valence-electron chi connectivity index (χ1n) is 5.09. The van der Waals surface area contributed by atoms with Gasteiger partial charge in [-0.05, 0) is 6.07 Å². The van der Waals surface area contributed by atoms with E-state index >= 15 is 0 Å². The van der Waals surface area contributed by atoms with Gasteiger partial charge in [-0.1, -0.05) is 6.92 Å². The number of hydrogen-bond donors (Lipinski definition) is 1. The summed E-state index contributed by atoms with van der Waals surface area (Å²) in [4.78, 5) is 15.9. The molecule has 3 aromatic heterocycles. The van der Waals surface area contributed by atoms with E-state index in [0.717, 1.165) is 4.68 Å². The van der Waals surface area contributed by atoms with Gasteiger partial charge in [-0.2, -0.15) is 9.50 Å². The minimum Gasteiger partial charge on any atom is -0.336 e. The van der Waals surface area contributed by atoms with E-state index in [1.807, 2.05) is 6.92 Å². The van der Waals surface area contributed by atoms with Gasteiger partial charge in [0.1, 0.15) is 5.52 Å². The number of pyridine rings is 1. The molecule has 3 rings (SSSR count). The van der Waals surface area contributed by atoms with E-state index in [4.69, 9.17) is 5.84 Å². The van der Waals surface area contributed by atoms with Crippen LogP contribution in [0.1, 0.15) is 12.7 Å². The minimum absolute atomic E-state index is 0.176. The molecular weight excluding hydrogens is 222 g/mol. The summed E-state index contributed by atoms with van der Waals surface area (Å²) < 4.78 is 2.46. The van der Waals surface area contributed by atoms with Gasteiger partial charge in [0.15, 0.2) is 11.3 Å². The van der Waals surface area contributed by atoms with Crippen LogP contribution in [0.5, 0.6) is 0 Å². The number of aryl methyl sites for hydroxylation is 1. The lowest BCUT2D eigenvalue weighted by molar-refractivity contribution is 0.876. The van der Waals surface area contributed by atoms with Crippen LogP contribution in [0.2, 0.25) is 0 Å². The van der Waals surface area contributed by atoms with E-state index in [-0.39, 0.29) is 5.52 Å². The average molecular weight is 231 g/mol. The molecule has 0 radical (unpaired) electrons. The van der Waals surface area contributed by atoms with Crippen molar-refractivity contribution in [1.29, 1.82) is 0 Å². The van der Waals surface area contributed by atoms with E-state index in [2.05, 4.69) is 20.3 Å². The van der Waals surface area contributed by atoms with Crippen LogP contribution in [0.25, 0.3) is 16.8 Å². The third-order valence-corrected chi connectivity index (χ3v) is 2.49. The van der Waals surface area contributed by atoms with Gasteiger partial charge in [-0.15, -0.1) is 15.3 Å². The lowest BCUT2D eigenvalue weighted by Gasteiger charge is -2.00. The fourth-order valence-corrected chi connectivity index (χ4v) is 1.61. The predicted octanol–water partition coefficient (Wildman–Crippen LogP) is -0.890. The van der Waals surface area contributed by atoms with E-state index in [9.17, 15) is 4.79 Å². The largest absolute Gasteiger partial charge is 0.336 e. The molecule has 0 aliphatic heterocycles. The van der Waals surface area contributed by atoms with Crippen LogP contribution in [0, 0.1) is 0 Å². The quantitative estimate of drug-likeness (QED) is 0.545. The Morgan fingerprint density at radius 1 is 1.41 bits per heavy atom. The Labute approximate surface area is 94.7 Å². The third kappa shape index (κ3) is 1.27. The summed E-state index contributed by atoms with van der Waals surface area (Å²) in [6.07, 6.45) is 2.15. The molecule has 0 amide bonds. The molecule has 8 nitrogen and oxygen atoms in total. The van der Waals surface area contributed by atoms with Crippen LogP contribution < -0.4 is 11.4 Å². The summed E-state index contributed by atoms with van der Waals surface area (Å²) in [5.41, 5.74) is 0.314. The molecule has 0 unspecified atom stereocenters. The van der Waals surface area contributed by atoms with Crippen LogP contribution in [0.4, 0.5) is 0 Å². The number of nitrogens with zero attached hydrogens (tertiary/aromatic N) is 6. The SMILES string of the molecule is CCc1nc2nnc3c(=O)n(N)ccc3n2n1. The van der Waals surface area contributed by atoms with Crippen LogP contribution in [-0.2, 0) is 6.42 Å². The Hall–Kier alpha value is -2.51. The Balaban J connectivity index is 2.51. The van der Waals surface area contributed by atoms with Gasteiger partial charge in [-0.3, -0.25) is 4.79 Å². The van der Waals surface area contributed by atoms with Crippen molar-refractivity contribution in [3.8, 4) is 0 Å². The van der Waals surface area contributed by atoms with Crippen LogP contribution in [0.15, 0.2) is 17.1 Å². The molecule has 2 N–H and O–H groups in total. The molecule has 8 heteroatoms. The highest BCUT2D eigenvalue weighted by molar-refractivity contribution is 5.74. The lowest BCUT2D eigenvalue weighted by atomic mass is 10.4. The van der Waals surface area contributed by atoms with Gasteiger partial charge in [0.05, 0.1) is 0 Å². The molecule has 0 saturated heterocycles. The van der Waals surface area contributed by atoms with Crippen molar-refractivity contribution in [3.05, 3.63) is 28.4 Å². The standard InChI is InChI=1S/C9H9N7O/c1-2-6-11-9-13-12-7-5(16(9)14-6)3-4-15(10)8(7)17/h3-4H,2,10H2,1H3. The van der Waals surface area contributed by atoms with Crippen molar-refractivity contribution in [1.82, 2.24) is 29.5 Å². The van der Waals surface area contributed by atoms with Gasteiger partial charge in [-0.25, -0.2) is 4.68 Å². The topological polar surface area (TPSA) is 104 Å². The predicted molar refractivity (Wildman–Crippen MR) is 59.9 cm³/mol. The Bertz CT molecular complexity index is 772.